The van der Waals surface area contributed by atoms with Crippen LogP contribution in [0.2, 0.25) is 0 Å². The molecular formula is C23H23N3O2. The number of nitrogens with zero attached hydrogens (tertiary/aromatic N) is 3. The molecule has 5 nitrogen and oxygen atoms in total. The van der Waals surface area contributed by atoms with E-state index in [1.165, 1.54) is 21.7 Å². The summed E-state index contributed by atoms with van der Waals surface area (Å²) in [6.07, 6.45) is 1.90. The minimum absolute atomic E-state index is 0.280. The van der Waals surface area contributed by atoms with Crippen molar-refractivity contribution in [2.45, 2.75) is 20.8 Å². The molecule has 2 heterocycles. The first kappa shape index (κ1) is 18.0. The highest BCUT2D eigenvalue weighted by atomic mass is 16.2. The van der Waals surface area contributed by atoms with E-state index in [0.29, 0.717) is 10.9 Å². The fourth-order valence-corrected chi connectivity index (χ4v) is 3.88. The summed E-state index contributed by atoms with van der Waals surface area (Å²) in [5.74, 6) is 0. The van der Waals surface area contributed by atoms with Crippen LogP contribution < -0.4 is 11.2 Å². The maximum atomic E-state index is 13.1. The topological polar surface area (TPSA) is 48.9 Å². The van der Waals surface area contributed by atoms with Gasteiger partial charge in [0.05, 0.1) is 16.6 Å². The van der Waals surface area contributed by atoms with Crippen molar-refractivity contribution in [1.82, 2.24) is 13.7 Å². The van der Waals surface area contributed by atoms with Crippen LogP contribution in [0.3, 0.4) is 0 Å². The lowest BCUT2D eigenvalue weighted by Crippen LogP contribution is -2.36. The normalized spacial score (nSPS) is 11.3. The Balaban J connectivity index is 2.23. The third kappa shape index (κ3) is 2.62. The third-order valence-corrected chi connectivity index (χ3v) is 5.34. The molecule has 0 fully saturated rings. The smallest absolute Gasteiger partial charge is 0.313 e. The van der Waals surface area contributed by atoms with Crippen molar-refractivity contribution in [2.24, 2.45) is 14.1 Å². The van der Waals surface area contributed by atoms with Crippen LogP contribution in [0, 0.1) is 20.8 Å². The first-order chi connectivity index (χ1) is 13.3. The molecule has 2 aromatic carbocycles. The zero-order valence-corrected chi connectivity index (χ0v) is 16.8. The molecule has 0 spiro atoms. The van der Waals surface area contributed by atoms with Crippen molar-refractivity contribution < 1.29 is 0 Å². The number of hydrogen-bond donors (Lipinski definition) is 0. The second kappa shape index (κ2) is 6.37. The summed E-state index contributed by atoms with van der Waals surface area (Å²) in [7, 11) is 3.23. The standard InChI is InChI=1S/C23H23N3O2/c1-14-7-6-8-17(12-14)21-20-19(24(4)23(28)25(5)22(20)27)13-26(21)18-10-9-15(2)11-16(18)3/h6-13H,1-5H3. The highest BCUT2D eigenvalue weighted by Crippen LogP contribution is 2.32. The Morgan fingerprint density at radius 3 is 2.21 bits per heavy atom. The van der Waals surface area contributed by atoms with Crippen LogP contribution in [0.1, 0.15) is 16.7 Å². The number of rotatable bonds is 2. The average Bonchev–Trinajstić information content (AvgIpc) is 3.05. The minimum atomic E-state index is -0.328. The van der Waals surface area contributed by atoms with Gasteiger partial charge in [0.25, 0.3) is 5.56 Å². The molecule has 0 aliphatic rings. The van der Waals surface area contributed by atoms with Crippen molar-refractivity contribution in [3.05, 3.63) is 86.2 Å². The molecule has 2 aromatic heterocycles. The van der Waals surface area contributed by atoms with E-state index in [-0.39, 0.29) is 11.2 Å². The minimum Gasteiger partial charge on any atom is -0.313 e. The number of hydrogen-bond acceptors (Lipinski definition) is 2. The molecule has 4 rings (SSSR count). The van der Waals surface area contributed by atoms with Crippen LogP contribution in [0.25, 0.3) is 27.8 Å². The fourth-order valence-electron chi connectivity index (χ4n) is 3.88. The Morgan fingerprint density at radius 2 is 1.54 bits per heavy atom. The molecule has 0 bridgehead atoms. The van der Waals surface area contributed by atoms with E-state index < -0.39 is 0 Å². The molecule has 0 saturated heterocycles. The Morgan fingerprint density at radius 1 is 0.821 bits per heavy atom. The summed E-state index contributed by atoms with van der Waals surface area (Å²) < 4.78 is 4.75. The van der Waals surface area contributed by atoms with Crippen LogP contribution in [-0.4, -0.2) is 13.7 Å². The molecule has 0 unspecified atom stereocenters. The van der Waals surface area contributed by atoms with Crippen LogP contribution in [0.5, 0.6) is 0 Å². The van der Waals surface area contributed by atoms with E-state index in [0.717, 1.165) is 28.1 Å². The zero-order valence-electron chi connectivity index (χ0n) is 16.8. The van der Waals surface area contributed by atoms with Gasteiger partial charge in [-0.25, -0.2) is 4.79 Å². The second-order valence-electron chi connectivity index (χ2n) is 7.47. The van der Waals surface area contributed by atoms with Gasteiger partial charge in [-0.1, -0.05) is 41.5 Å². The lowest BCUT2D eigenvalue weighted by atomic mass is 10.1. The fraction of sp³-hybridized carbons (Fsp3) is 0.217. The molecule has 0 N–H and O–H groups in total. The molecule has 0 atom stereocenters. The van der Waals surface area contributed by atoms with Gasteiger partial charge in [-0.15, -0.1) is 0 Å². The van der Waals surface area contributed by atoms with Crippen molar-refractivity contribution in [3.8, 4) is 16.9 Å². The summed E-state index contributed by atoms with van der Waals surface area (Å²) >= 11 is 0. The summed E-state index contributed by atoms with van der Waals surface area (Å²) in [5.41, 5.74) is 6.17. The molecule has 0 radical (unpaired) electrons. The largest absolute Gasteiger partial charge is 0.330 e. The highest BCUT2D eigenvalue weighted by molar-refractivity contribution is 5.95. The second-order valence-corrected chi connectivity index (χ2v) is 7.47. The quantitative estimate of drug-likeness (QED) is 0.539. The maximum absolute atomic E-state index is 13.1. The van der Waals surface area contributed by atoms with Gasteiger partial charge in [-0.05, 0) is 44.0 Å². The van der Waals surface area contributed by atoms with Gasteiger partial charge in [-0.3, -0.25) is 13.9 Å². The van der Waals surface area contributed by atoms with Gasteiger partial charge in [0.1, 0.15) is 0 Å². The highest BCUT2D eigenvalue weighted by Gasteiger charge is 2.20. The predicted molar refractivity (Wildman–Crippen MR) is 113 cm³/mol. The third-order valence-electron chi connectivity index (χ3n) is 5.34. The van der Waals surface area contributed by atoms with E-state index >= 15 is 0 Å². The van der Waals surface area contributed by atoms with Crippen molar-refractivity contribution in [2.75, 3.05) is 0 Å². The Hall–Kier alpha value is -3.34. The van der Waals surface area contributed by atoms with Crippen LogP contribution >= 0.6 is 0 Å². The lowest BCUT2D eigenvalue weighted by molar-refractivity contribution is 0.714. The monoisotopic (exact) mass is 373 g/mol. The SMILES string of the molecule is Cc1cccc(-c2c3c(=O)n(C)c(=O)n(C)c3cn2-c2ccc(C)cc2C)c1. The number of fused-ring (bicyclic) bond motifs is 1. The van der Waals surface area contributed by atoms with Gasteiger partial charge < -0.3 is 4.57 Å². The summed E-state index contributed by atoms with van der Waals surface area (Å²) in [6.45, 7) is 6.15. The number of benzene rings is 2. The van der Waals surface area contributed by atoms with Gasteiger partial charge in [-0.2, -0.15) is 0 Å². The van der Waals surface area contributed by atoms with Gasteiger partial charge in [0.2, 0.25) is 0 Å². The first-order valence-electron chi connectivity index (χ1n) is 9.25. The maximum Gasteiger partial charge on any atom is 0.330 e. The molecule has 0 aliphatic carbocycles. The first-order valence-corrected chi connectivity index (χ1v) is 9.25. The molecule has 5 heteroatoms. The van der Waals surface area contributed by atoms with E-state index in [1.807, 2.05) is 35.9 Å². The molecule has 4 aromatic rings. The Kier molecular flexibility index (Phi) is 4.11. The molecule has 0 saturated carbocycles. The van der Waals surface area contributed by atoms with Crippen LogP contribution in [0.4, 0.5) is 0 Å². The van der Waals surface area contributed by atoms with Crippen LogP contribution in [-0.2, 0) is 14.1 Å². The van der Waals surface area contributed by atoms with E-state index in [9.17, 15) is 9.59 Å². The van der Waals surface area contributed by atoms with Gasteiger partial charge in [0, 0.05) is 26.0 Å². The van der Waals surface area contributed by atoms with Gasteiger partial charge >= 0.3 is 5.69 Å². The van der Waals surface area contributed by atoms with E-state index in [1.54, 1.807) is 7.05 Å². The molecule has 142 valence electrons. The van der Waals surface area contributed by atoms with Crippen molar-refractivity contribution >= 4 is 10.9 Å². The average molecular weight is 373 g/mol. The van der Waals surface area contributed by atoms with Crippen molar-refractivity contribution in [3.63, 3.8) is 0 Å². The summed E-state index contributed by atoms with van der Waals surface area (Å²) in [4.78, 5) is 25.6. The van der Waals surface area contributed by atoms with Gasteiger partial charge in [0.15, 0.2) is 0 Å². The Bertz CT molecular complexity index is 1350. The van der Waals surface area contributed by atoms with E-state index in [2.05, 4.69) is 38.1 Å². The summed E-state index contributed by atoms with van der Waals surface area (Å²) in [5, 5.41) is 0.551. The predicted octanol–water partition coefficient (Wildman–Crippen LogP) is 3.62. The number of aryl methyl sites for hydroxylation is 4. The molecule has 0 amide bonds. The van der Waals surface area contributed by atoms with Crippen LogP contribution in [0.15, 0.2) is 58.3 Å². The Labute approximate surface area is 163 Å². The van der Waals surface area contributed by atoms with Crippen molar-refractivity contribution in [1.29, 1.82) is 0 Å². The lowest BCUT2D eigenvalue weighted by Gasteiger charge is -2.13. The molecular weight excluding hydrogens is 350 g/mol. The summed E-state index contributed by atoms with van der Waals surface area (Å²) in [6, 6.07) is 14.3. The van der Waals surface area contributed by atoms with E-state index in [4.69, 9.17) is 0 Å². The molecule has 28 heavy (non-hydrogen) atoms. The zero-order chi connectivity index (χ0) is 20.2. The number of aromatic nitrogens is 3. The molecule has 0 aliphatic heterocycles.